The molecule has 0 saturated heterocycles. The molecule has 1 amide bonds. The summed E-state index contributed by atoms with van der Waals surface area (Å²) in [5, 5.41) is 7.43. The molecule has 0 spiro atoms. The summed E-state index contributed by atoms with van der Waals surface area (Å²) < 4.78 is 44.4. The molecule has 2 aromatic carbocycles. The monoisotopic (exact) mass is 463 g/mol. The van der Waals surface area contributed by atoms with Gasteiger partial charge in [-0.3, -0.25) is 9.48 Å². The maximum Gasteiger partial charge on any atom is 0.261 e. The number of carbonyl (C=O) groups excluding carboxylic acids is 1. The maximum atomic E-state index is 15.1. The summed E-state index contributed by atoms with van der Waals surface area (Å²) >= 11 is 0. The van der Waals surface area contributed by atoms with Gasteiger partial charge in [-0.05, 0) is 30.3 Å². The van der Waals surface area contributed by atoms with Gasteiger partial charge < -0.3 is 15.1 Å². The quantitative estimate of drug-likeness (QED) is 0.629. The minimum absolute atomic E-state index is 0.123. The highest BCUT2D eigenvalue weighted by atomic mass is 19.2. The highest BCUT2D eigenvalue weighted by molar-refractivity contribution is 6.06. The Balaban J connectivity index is 1.42. The summed E-state index contributed by atoms with van der Waals surface area (Å²) in [6, 6.07) is 7.72. The summed E-state index contributed by atoms with van der Waals surface area (Å²) in [6.45, 7) is 0. The molecule has 172 valence electrons. The molecule has 0 fully saturated rings. The topological polar surface area (TPSA) is 53.4 Å². The number of aromatic nitrogens is 2. The van der Waals surface area contributed by atoms with Crippen LogP contribution in [0, 0.1) is 17.5 Å². The van der Waals surface area contributed by atoms with E-state index < -0.39 is 23.4 Å². The van der Waals surface area contributed by atoms with E-state index in [0.717, 1.165) is 27.8 Å². The highest BCUT2D eigenvalue weighted by Gasteiger charge is 2.28. The van der Waals surface area contributed by atoms with Crippen molar-refractivity contribution < 1.29 is 18.0 Å². The standard InChI is InChI=1S/C25H20F3N5O/c1-31-13-17(11-30-31)16-7-9-23-29-12-22(33(23)14-16)15-6-8-18(20(27)10-15)25(34)32(2)21-5-3-4-19(26)24(21)28/h3-14,23,29H,1-2H3. The van der Waals surface area contributed by atoms with Gasteiger partial charge in [0.05, 0.1) is 23.1 Å². The van der Waals surface area contributed by atoms with E-state index in [4.69, 9.17) is 0 Å². The van der Waals surface area contributed by atoms with Crippen LogP contribution in [0.25, 0.3) is 11.3 Å². The third-order valence-electron chi connectivity index (χ3n) is 5.84. The normalized spacial score (nSPS) is 16.6. The number of rotatable bonds is 4. The van der Waals surface area contributed by atoms with Crippen molar-refractivity contribution in [2.75, 3.05) is 11.9 Å². The first-order chi connectivity index (χ1) is 16.3. The number of fused-ring (bicyclic) bond motifs is 1. The summed E-state index contributed by atoms with van der Waals surface area (Å²) in [5.74, 6) is -3.81. The second-order valence-corrected chi connectivity index (χ2v) is 8.03. The van der Waals surface area contributed by atoms with E-state index in [1.165, 1.54) is 31.3 Å². The van der Waals surface area contributed by atoms with Crippen LogP contribution in [0.3, 0.4) is 0 Å². The zero-order valence-electron chi connectivity index (χ0n) is 18.3. The smallest absolute Gasteiger partial charge is 0.261 e. The van der Waals surface area contributed by atoms with Crippen LogP contribution in [0.1, 0.15) is 21.5 Å². The molecular weight excluding hydrogens is 443 g/mol. The maximum absolute atomic E-state index is 15.1. The van der Waals surface area contributed by atoms with Crippen LogP contribution in [0.5, 0.6) is 0 Å². The third-order valence-corrected chi connectivity index (χ3v) is 5.84. The third kappa shape index (κ3) is 3.64. The van der Waals surface area contributed by atoms with Crippen molar-refractivity contribution in [1.29, 1.82) is 0 Å². The van der Waals surface area contributed by atoms with Crippen LogP contribution >= 0.6 is 0 Å². The Morgan fingerprint density at radius 2 is 1.94 bits per heavy atom. The minimum Gasteiger partial charge on any atom is -0.366 e. The van der Waals surface area contributed by atoms with E-state index in [0.29, 0.717) is 5.56 Å². The summed E-state index contributed by atoms with van der Waals surface area (Å²) in [5.41, 5.74) is 2.65. The number of hydrogen-bond donors (Lipinski definition) is 1. The average molecular weight is 463 g/mol. The van der Waals surface area contributed by atoms with Crippen molar-refractivity contribution >= 4 is 22.9 Å². The number of amides is 1. The molecule has 2 aliphatic rings. The van der Waals surface area contributed by atoms with E-state index in [-0.39, 0.29) is 17.4 Å². The number of carbonyl (C=O) groups is 1. The van der Waals surface area contributed by atoms with E-state index >= 15 is 4.39 Å². The fourth-order valence-electron chi connectivity index (χ4n) is 4.02. The molecule has 34 heavy (non-hydrogen) atoms. The molecule has 0 bridgehead atoms. The molecular formula is C25H20F3N5O. The van der Waals surface area contributed by atoms with Crippen LogP contribution in [-0.2, 0) is 7.05 Å². The van der Waals surface area contributed by atoms with Crippen molar-refractivity contribution in [2.24, 2.45) is 7.05 Å². The molecule has 1 atom stereocenters. The predicted octanol–water partition coefficient (Wildman–Crippen LogP) is 4.25. The van der Waals surface area contributed by atoms with Crippen molar-refractivity contribution in [1.82, 2.24) is 20.0 Å². The number of nitrogens with one attached hydrogen (secondary N) is 1. The molecule has 3 heterocycles. The van der Waals surface area contributed by atoms with Crippen molar-refractivity contribution in [3.63, 3.8) is 0 Å². The molecule has 0 radical (unpaired) electrons. The fraction of sp³-hybridized carbons (Fsp3) is 0.120. The molecule has 5 rings (SSSR count). The number of aryl methyl sites for hydroxylation is 1. The molecule has 1 aromatic heterocycles. The SMILES string of the molecule is CN(C(=O)c1ccc(C2=CNC3C=CC(c4cnn(C)c4)=CN23)cc1F)c1cccc(F)c1F. The van der Waals surface area contributed by atoms with Gasteiger partial charge in [0.25, 0.3) is 5.91 Å². The summed E-state index contributed by atoms with van der Waals surface area (Å²) in [6.07, 6.45) is 11.3. The predicted molar refractivity (Wildman–Crippen MR) is 123 cm³/mol. The molecule has 1 N–H and O–H groups in total. The number of anilines is 1. The Kier molecular flexibility index (Phi) is 5.24. The molecule has 6 nitrogen and oxygen atoms in total. The zero-order valence-corrected chi connectivity index (χ0v) is 18.3. The van der Waals surface area contributed by atoms with Gasteiger partial charge in [0.1, 0.15) is 12.0 Å². The van der Waals surface area contributed by atoms with Gasteiger partial charge in [0, 0.05) is 49.4 Å². The molecule has 9 heteroatoms. The average Bonchev–Trinajstić information content (AvgIpc) is 3.45. The second kappa shape index (κ2) is 8.26. The van der Waals surface area contributed by atoms with E-state index in [9.17, 15) is 13.6 Å². The number of nitrogens with zero attached hydrogens (tertiary/aromatic N) is 4. The van der Waals surface area contributed by atoms with Crippen molar-refractivity contribution in [2.45, 2.75) is 6.17 Å². The summed E-state index contributed by atoms with van der Waals surface area (Å²) in [4.78, 5) is 15.7. The van der Waals surface area contributed by atoms with Gasteiger partial charge in [-0.25, -0.2) is 13.2 Å². The Hall–Kier alpha value is -4.27. The van der Waals surface area contributed by atoms with E-state index in [1.54, 1.807) is 23.1 Å². The van der Waals surface area contributed by atoms with E-state index in [1.807, 2.05) is 36.5 Å². The Bertz CT molecular complexity index is 1390. The minimum atomic E-state index is -1.17. The van der Waals surface area contributed by atoms with Gasteiger partial charge in [-0.15, -0.1) is 0 Å². The Morgan fingerprint density at radius 3 is 2.68 bits per heavy atom. The Morgan fingerprint density at radius 1 is 1.12 bits per heavy atom. The van der Waals surface area contributed by atoms with Crippen LogP contribution in [-0.4, -0.2) is 33.8 Å². The van der Waals surface area contributed by atoms with Crippen molar-refractivity contribution in [3.05, 3.63) is 107 Å². The zero-order chi connectivity index (χ0) is 24.0. The largest absolute Gasteiger partial charge is 0.366 e. The van der Waals surface area contributed by atoms with E-state index in [2.05, 4.69) is 10.4 Å². The first-order valence-corrected chi connectivity index (χ1v) is 10.5. The first kappa shape index (κ1) is 21.6. The lowest BCUT2D eigenvalue weighted by Gasteiger charge is -2.27. The number of halogens is 3. The molecule has 2 aliphatic heterocycles. The van der Waals surface area contributed by atoms with Crippen molar-refractivity contribution in [3.8, 4) is 0 Å². The van der Waals surface area contributed by atoms with Gasteiger partial charge in [-0.2, -0.15) is 5.10 Å². The number of benzene rings is 2. The van der Waals surface area contributed by atoms with Crippen LogP contribution in [0.4, 0.5) is 18.9 Å². The molecule has 0 aliphatic carbocycles. The lowest BCUT2D eigenvalue weighted by atomic mass is 10.0. The van der Waals surface area contributed by atoms with Gasteiger partial charge in [-0.1, -0.05) is 18.2 Å². The summed E-state index contributed by atoms with van der Waals surface area (Å²) in [7, 11) is 3.11. The number of hydrogen-bond acceptors (Lipinski definition) is 4. The molecule has 1 unspecified atom stereocenters. The van der Waals surface area contributed by atoms with Crippen LogP contribution in [0.2, 0.25) is 0 Å². The lowest BCUT2D eigenvalue weighted by molar-refractivity contribution is 0.0988. The highest BCUT2D eigenvalue weighted by Crippen LogP contribution is 2.33. The fourth-order valence-corrected chi connectivity index (χ4v) is 4.02. The van der Waals surface area contributed by atoms with Gasteiger partial charge >= 0.3 is 0 Å². The number of allylic oxidation sites excluding steroid dienone is 2. The Labute approximate surface area is 193 Å². The molecule has 3 aromatic rings. The lowest BCUT2D eigenvalue weighted by Crippen LogP contribution is -2.32. The van der Waals surface area contributed by atoms with Crippen LogP contribution in [0.15, 0.2) is 73.3 Å². The van der Waals surface area contributed by atoms with Gasteiger partial charge in [0.2, 0.25) is 0 Å². The second-order valence-electron chi connectivity index (χ2n) is 8.03. The van der Waals surface area contributed by atoms with Gasteiger partial charge in [0.15, 0.2) is 11.6 Å². The molecule has 0 saturated carbocycles. The van der Waals surface area contributed by atoms with Crippen LogP contribution < -0.4 is 10.2 Å². The first-order valence-electron chi connectivity index (χ1n) is 10.5.